The smallest absolute Gasteiger partial charge is 0.319 e. The second kappa shape index (κ2) is 6.39. The Bertz CT molecular complexity index is 554. The molecule has 1 aromatic carbocycles. The number of amides is 3. The first kappa shape index (κ1) is 15.0. The minimum Gasteiger partial charge on any atom is -0.344 e. The number of piperidine rings is 1. The van der Waals surface area contributed by atoms with Gasteiger partial charge in [-0.1, -0.05) is 0 Å². The molecule has 1 aliphatic heterocycles. The Hall–Kier alpha value is -2.37. The van der Waals surface area contributed by atoms with Gasteiger partial charge in [-0.3, -0.25) is 9.59 Å². The topological polar surface area (TPSA) is 78.5 Å². The van der Waals surface area contributed by atoms with Crippen molar-refractivity contribution in [1.82, 2.24) is 10.2 Å². The molecule has 3 amide bonds. The Morgan fingerprint density at radius 1 is 1.24 bits per heavy atom. The molecule has 0 unspecified atom stereocenters. The number of benzene rings is 1. The van der Waals surface area contributed by atoms with E-state index in [1.807, 2.05) is 0 Å². The van der Waals surface area contributed by atoms with Crippen LogP contribution in [0.15, 0.2) is 24.3 Å². The van der Waals surface area contributed by atoms with Crippen LogP contribution in [0.25, 0.3) is 0 Å². The quantitative estimate of drug-likeness (QED) is 0.830. The van der Waals surface area contributed by atoms with Gasteiger partial charge in [0.2, 0.25) is 5.91 Å². The molecule has 2 rings (SSSR count). The predicted octanol–water partition coefficient (Wildman–Crippen LogP) is 1.63. The molecular formula is C15H19N3O3. The summed E-state index contributed by atoms with van der Waals surface area (Å²) in [5.41, 5.74) is 1.23. The third-order valence-electron chi connectivity index (χ3n) is 3.51. The number of urea groups is 1. The molecule has 0 aromatic heterocycles. The predicted molar refractivity (Wildman–Crippen MR) is 79.3 cm³/mol. The summed E-state index contributed by atoms with van der Waals surface area (Å²) in [4.78, 5) is 36.1. The number of ketones is 1. The zero-order valence-electron chi connectivity index (χ0n) is 12.2. The van der Waals surface area contributed by atoms with Crippen molar-refractivity contribution in [2.45, 2.75) is 25.8 Å². The molecule has 1 saturated heterocycles. The fraction of sp³-hybridized carbons (Fsp3) is 0.400. The molecule has 1 aromatic rings. The molecule has 1 aliphatic rings. The molecule has 0 radical (unpaired) electrons. The van der Waals surface area contributed by atoms with Crippen molar-refractivity contribution in [1.29, 1.82) is 0 Å². The van der Waals surface area contributed by atoms with Crippen molar-refractivity contribution in [2.75, 3.05) is 18.9 Å². The number of nitrogens with zero attached hydrogens (tertiary/aromatic N) is 1. The summed E-state index contributed by atoms with van der Waals surface area (Å²) in [5, 5.41) is 5.56. The van der Waals surface area contributed by atoms with Crippen LogP contribution in [0.5, 0.6) is 0 Å². The van der Waals surface area contributed by atoms with Crippen molar-refractivity contribution in [2.24, 2.45) is 0 Å². The first-order valence-electron chi connectivity index (χ1n) is 6.88. The molecule has 2 N–H and O–H groups in total. The number of carbonyl (C=O) groups is 3. The van der Waals surface area contributed by atoms with Crippen LogP contribution in [0.1, 0.15) is 30.1 Å². The van der Waals surface area contributed by atoms with Crippen LogP contribution in [-0.2, 0) is 4.79 Å². The molecular weight excluding hydrogens is 270 g/mol. The molecule has 1 heterocycles. The lowest BCUT2D eigenvalue weighted by molar-refractivity contribution is -0.132. The van der Waals surface area contributed by atoms with Crippen molar-refractivity contribution in [3.8, 4) is 0 Å². The van der Waals surface area contributed by atoms with Gasteiger partial charge in [0, 0.05) is 37.3 Å². The van der Waals surface area contributed by atoms with E-state index in [1.54, 1.807) is 36.2 Å². The molecule has 6 nitrogen and oxygen atoms in total. The molecule has 21 heavy (non-hydrogen) atoms. The number of hydrogen-bond acceptors (Lipinski definition) is 3. The minimum atomic E-state index is -0.307. The number of hydrogen-bond donors (Lipinski definition) is 2. The lowest BCUT2D eigenvalue weighted by Gasteiger charge is -2.30. The van der Waals surface area contributed by atoms with Crippen molar-refractivity contribution in [3.05, 3.63) is 29.8 Å². The van der Waals surface area contributed by atoms with E-state index in [0.29, 0.717) is 30.6 Å². The van der Waals surface area contributed by atoms with Gasteiger partial charge in [0.05, 0.1) is 0 Å². The number of likely N-dealkylation sites (tertiary alicyclic amines) is 1. The van der Waals surface area contributed by atoms with E-state index < -0.39 is 0 Å². The fourth-order valence-electron chi connectivity index (χ4n) is 2.27. The third kappa shape index (κ3) is 4.05. The SMILES string of the molecule is CC(=O)c1ccc(NC(=O)N[C@H]2CCC(=O)N(C)C2)cc1. The highest BCUT2D eigenvalue weighted by Gasteiger charge is 2.23. The summed E-state index contributed by atoms with van der Waals surface area (Å²) in [5.74, 6) is 0.0918. The van der Waals surface area contributed by atoms with Gasteiger partial charge in [0.15, 0.2) is 5.78 Å². The van der Waals surface area contributed by atoms with Gasteiger partial charge in [0.1, 0.15) is 0 Å². The van der Waals surface area contributed by atoms with E-state index in [2.05, 4.69) is 10.6 Å². The number of Topliss-reactive ketones (excluding diaryl/α,β-unsaturated/α-hetero) is 1. The van der Waals surface area contributed by atoms with E-state index in [1.165, 1.54) is 6.92 Å². The van der Waals surface area contributed by atoms with Gasteiger partial charge in [-0.05, 0) is 37.6 Å². The second-order valence-corrected chi connectivity index (χ2v) is 5.24. The number of carbonyl (C=O) groups excluding carboxylic acids is 3. The normalized spacial score (nSPS) is 18.3. The average molecular weight is 289 g/mol. The summed E-state index contributed by atoms with van der Waals surface area (Å²) in [6.45, 7) is 2.02. The van der Waals surface area contributed by atoms with E-state index in [9.17, 15) is 14.4 Å². The highest BCUT2D eigenvalue weighted by Crippen LogP contribution is 2.12. The standard InChI is InChI=1S/C15H19N3O3/c1-10(19)11-3-5-12(6-4-11)16-15(21)17-13-7-8-14(20)18(2)9-13/h3-6,13H,7-9H2,1-2H3,(H2,16,17,21)/t13-/m0/s1. The van der Waals surface area contributed by atoms with E-state index >= 15 is 0 Å². The van der Waals surface area contributed by atoms with Crippen LogP contribution >= 0.6 is 0 Å². The first-order chi connectivity index (χ1) is 9.95. The molecule has 6 heteroatoms. The Labute approximate surface area is 123 Å². The number of likely N-dealkylation sites (N-methyl/N-ethyl adjacent to an activating group) is 1. The van der Waals surface area contributed by atoms with E-state index in [-0.39, 0.29) is 23.8 Å². The summed E-state index contributed by atoms with van der Waals surface area (Å²) in [6.07, 6.45) is 1.11. The van der Waals surface area contributed by atoms with Crippen LogP contribution < -0.4 is 10.6 Å². The van der Waals surface area contributed by atoms with Gasteiger partial charge >= 0.3 is 6.03 Å². The molecule has 0 aliphatic carbocycles. The summed E-state index contributed by atoms with van der Waals surface area (Å²) in [7, 11) is 1.73. The summed E-state index contributed by atoms with van der Waals surface area (Å²) < 4.78 is 0. The minimum absolute atomic E-state index is 0.0130. The molecule has 112 valence electrons. The van der Waals surface area contributed by atoms with Crippen LogP contribution in [0.2, 0.25) is 0 Å². The average Bonchev–Trinajstić information content (AvgIpc) is 2.43. The van der Waals surface area contributed by atoms with Crippen LogP contribution in [-0.4, -0.2) is 42.3 Å². The Morgan fingerprint density at radius 3 is 2.48 bits per heavy atom. The van der Waals surface area contributed by atoms with Crippen LogP contribution in [0.3, 0.4) is 0 Å². The summed E-state index contributed by atoms with van der Waals surface area (Å²) in [6, 6.07) is 6.37. The molecule has 1 atom stereocenters. The monoisotopic (exact) mass is 289 g/mol. The Balaban J connectivity index is 1.87. The van der Waals surface area contributed by atoms with Crippen molar-refractivity contribution < 1.29 is 14.4 Å². The zero-order chi connectivity index (χ0) is 15.4. The molecule has 0 bridgehead atoms. The van der Waals surface area contributed by atoms with Crippen LogP contribution in [0.4, 0.5) is 10.5 Å². The first-order valence-corrected chi connectivity index (χ1v) is 6.88. The Kier molecular flexibility index (Phi) is 4.57. The number of rotatable bonds is 3. The third-order valence-corrected chi connectivity index (χ3v) is 3.51. The largest absolute Gasteiger partial charge is 0.344 e. The van der Waals surface area contributed by atoms with Crippen molar-refractivity contribution in [3.63, 3.8) is 0 Å². The summed E-state index contributed by atoms with van der Waals surface area (Å²) >= 11 is 0. The van der Waals surface area contributed by atoms with Gasteiger partial charge in [-0.2, -0.15) is 0 Å². The maximum atomic E-state index is 11.9. The lowest BCUT2D eigenvalue weighted by atomic mass is 10.1. The van der Waals surface area contributed by atoms with Crippen molar-refractivity contribution >= 4 is 23.4 Å². The zero-order valence-corrected chi connectivity index (χ0v) is 12.2. The number of anilines is 1. The van der Waals surface area contributed by atoms with Gasteiger partial charge in [-0.25, -0.2) is 4.79 Å². The maximum Gasteiger partial charge on any atom is 0.319 e. The Morgan fingerprint density at radius 2 is 1.90 bits per heavy atom. The van der Waals surface area contributed by atoms with Crippen LogP contribution in [0, 0.1) is 0 Å². The van der Waals surface area contributed by atoms with Gasteiger partial charge in [0.25, 0.3) is 0 Å². The molecule has 1 fully saturated rings. The van der Waals surface area contributed by atoms with E-state index in [4.69, 9.17) is 0 Å². The lowest BCUT2D eigenvalue weighted by Crippen LogP contribution is -2.49. The fourth-order valence-corrected chi connectivity index (χ4v) is 2.27. The highest BCUT2D eigenvalue weighted by atomic mass is 16.2. The maximum absolute atomic E-state index is 11.9. The highest BCUT2D eigenvalue weighted by molar-refractivity contribution is 5.95. The van der Waals surface area contributed by atoms with Gasteiger partial charge < -0.3 is 15.5 Å². The molecule has 0 saturated carbocycles. The number of nitrogens with one attached hydrogen (secondary N) is 2. The second-order valence-electron chi connectivity index (χ2n) is 5.24. The van der Waals surface area contributed by atoms with Gasteiger partial charge in [-0.15, -0.1) is 0 Å². The van der Waals surface area contributed by atoms with E-state index in [0.717, 1.165) is 0 Å². The molecule has 0 spiro atoms.